The standard InChI is InChI=1S/C19H20F3NO2/c1-4-25-17(24)9-16(23)15-8-14(11(3)18(21)19(15)22)13-6-5-12(20)7-10(13)2/h5-8,16H,4,9,23H2,1-3H3. The number of carbonyl (C=O) groups is 1. The molecule has 3 nitrogen and oxygen atoms in total. The lowest BCUT2D eigenvalue weighted by Crippen LogP contribution is -2.19. The molecule has 0 radical (unpaired) electrons. The number of aryl methyl sites for hydroxylation is 1. The summed E-state index contributed by atoms with van der Waals surface area (Å²) in [5, 5.41) is 0. The molecule has 0 heterocycles. The summed E-state index contributed by atoms with van der Waals surface area (Å²) in [5.41, 5.74) is 7.43. The van der Waals surface area contributed by atoms with Crippen LogP contribution < -0.4 is 5.73 Å². The van der Waals surface area contributed by atoms with Crippen LogP contribution in [0.15, 0.2) is 24.3 Å². The zero-order valence-electron chi connectivity index (χ0n) is 14.3. The number of esters is 1. The second-order valence-electron chi connectivity index (χ2n) is 5.84. The molecule has 0 amide bonds. The van der Waals surface area contributed by atoms with Gasteiger partial charge in [0, 0.05) is 11.6 Å². The monoisotopic (exact) mass is 351 g/mol. The molecule has 2 aromatic carbocycles. The number of hydrogen-bond acceptors (Lipinski definition) is 3. The fraction of sp³-hybridized carbons (Fsp3) is 0.316. The molecule has 2 rings (SSSR count). The van der Waals surface area contributed by atoms with Crippen LogP contribution in [0.5, 0.6) is 0 Å². The Hall–Kier alpha value is -2.34. The molecule has 134 valence electrons. The minimum absolute atomic E-state index is 0.0966. The molecule has 0 aromatic heterocycles. The van der Waals surface area contributed by atoms with E-state index in [4.69, 9.17) is 10.5 Å². The molecule has 0 spiro atoms. The average Bonchev–Trinajstić information content (AvgIpc) is 2.54. The van der Waals surface area contributed by atoms with Gasteiger partial charge in [0.1, 0.15) is 5.82 Å². The van der Waals surface area contributed by atoms with Crippen molar-refractivity contribution in [2.24, 2.45) is 5.73 Å². The van der Waals surface area contributed by atoms with Crippen molar-refractivity contribution in [2.75, 3.05) is 6.61 Å². The van der Waals surface area contributed by atoms with Crippen LogP contribution in [0.25, 0.3) is 11.1 Å². The smallest absolute Gasteiger partial charge is 0.307 e. The molecule has 0 aliphatic rings. The predicted octanol–water partition coefficient (Wildman–Crippen LogP) is 4.34. The molecule has 0 aliphatic carbocycles. The fourth-order valence-electron chi connectivity index (χ4n) is 2.72. The van der Waals surface area contributed by atoms with E-state index in [2.05, 4.69) is 0 Å². The van der Waals surface area contributed by atoms with Gasteiger partial charge in [0.25, 0.3) is 0 Å². The average molecular weight is 351 g/mol. The Morgan fingerprint density at radius 2 is 1.80 bits per heavy atom. The van der Waals surface area contributed by atoms with Crippen LogP contribution in [0.1, 0.15) is 36.1 Å². The van der Waals surface area contributed by atoms with Gasteiger partial charge in [0.05, 0.1) is 13.0 Å². The predicted molar refractivity (Wildman–Crippen MR) is 89.4 cm³/mol. The summed E-state index contributed by atoms with van der Waals surface area (Å²) in [7, 11) is 0. The van der Waals surface area contributed by atoms with Crippen molar-refractivity contribution in [1.82, 2.24) is 0 Å². The number of carbonyl (C=O) groups excluding carboxylic acids is 1. The summed E-state index contributed by atoms with van der Waals surface area (Å²) >= 11 is 0. The molecule has 0 saturated carbocycles. The third kappa shape index (κ3) is 4.02. The Kier molecular flexibility index (Phi) is 5.85. The lowest BCUT2D eigenvalue weighted by molar-refractivity contribution is -0.143. The van der Waals surface area contributed by atoms with Gasteiger partial charge in [-0.1, -0.05) is 6.07 Å². The Morgan fingerprint density at radius 1 is 1.12 bits per heavy atom. The van der Waals surface area contributed by atoms with Gasteiger partial charge in [-0.3, -0.25) is 4.79 Å². The maximum absolute atomic E-state index is 14.4. The zero-order valence-corrected chi connectivity index (χ0v) is 14.3. The second kappa shape index (κ2) is 7.70. The first-order chi connectivity index (χ1) is 11.8. The molecule has 2 aromatic rings. The molecule has 0 saturated heterocycles. The van der Waals surface area contributed by atoms with E-state index in [1.807, 2.05) is 0 Å². The van der Waals surface area contributed by atoms with Gasteiger partial charge < -0.3 is 10.5 Å². The second-order valence-corrected chi connectivity index (χ2v) is 5.84. The molecular formula is C19H20F3NO2. The van der Waals surface area contributed by atoms with E-state index < -0.39 is 29.5 Å². The number of nitrogens with two attached hydrogens (primary N) is 1. The van der Waals surface area contributed by atoms with Crippen LogP contribution in [-0.4, -0.2) is 12.6 Å². The molecule has 1 atom stereocenters. The number of hydrogen-bond donors (Lipinski definition) is 1. The van der Waals surface area contributed by atoms with Crippen molar-refractivity contribution in [1.29, 1.82) is 0 Å². The summed E-state index contributed by atoms with van der Waals surface area (Å²) in [6.07, 6.45) is -0.269. The van der Waals surface area contributed by atoms with Crippen LogP contribution in [0, 0.1) is 31.3 Å². The molecule has 0 bridgehead atoms. The van der Waals surface area contributed by atoms with E-state index in [9.17, 15) is 18.0 Å². The molecule has 25 heavy (non-hydrogen) atoms. The van der Waals surface area contributed by atoms with E-state index in [0.717, 1.165) is 0 Å². The summed E-state index contributed by atoms with van der Waals surface area (Å²) in [6, 6.07) is 4.44. The van der Waals surface area contributed by atoms with Crippen LogP contribution >= 0.6 is 0 Å². The molecule has 0 aliphatic heterocycles. The Bertz CT molecular complexity index is 806. The van der Waals surface area contributed by atoms with Crippen LogP contribution in [0.2, 0.25) is 0 Å². The Morgan fingerprint density at radius 3 is 2.40 bits per heavy atom. The summed E-state index contributed by atoms with van der Waals surface area (Å²) < 4.78 is 46.8. The third-order valence-corrected chi connectivity index (χ3v) is 4.05. The molecule has 1 unspecified atom stereocenters. The first-order valence-corrected chi connectivity index (χ1v) is 7.92. The van der Waals surface area contributed by atoms with Crippen LogP contribution in [-0.2, 0) is 9.53 Å². The third-order valence-electron chi connectivity index (χ3n) is 4.05. The molecular weight excluding hydrogens is 331 g/mol. The summed E-state index contributed by atoms with van der Waals surface area (Å²) in [5.74, 6) is -3.12. The fourth-order valence-corrected chi connectivity index (χ4v) is 2.72. The van der Waals surface area contributed by atoms with E-state index >= 15 is 0 Å². The highest BCUT2D eigenvalue weighted by atomic mass is 19.2. The lowest BCUT2D eigenvalue weighted by atomic mass is 9.91. The van der Waals surface area contributed by atoms with Gasteiger partial charge in [0.15, 0.2) is 11.6 Å². The highest BCUT2D eigenvalue weighted by molar-refractivity contribution is 5.73. The van der Waals surface area contributed by atoms with E-state index in [0.29, 0.717) is 16.7 Å². The Labute approximate surface area is 144 Å². The van der Waals surface area contributed by atoms with Gasteiger partial charge in [-0.05, 0) is 61.2 Å². The van der Waals surface area contributed by atoms with Crippen molar-refractivity contribution < 1.29 is 22.7 Å². The van der Waals surface area contributed by atoms with Gasteiger partial charge >= 0.3 is 5.97 Å². The Balaban J connectivity index is 2.52. The number of rotatable bonds is 5. The van der Waals surface area contributed by atoms with Crippen molar-refractivity contribution >= 4 is 5.97 Å². The van der Waals surface area contributed by atoms with Crippen molar-refractivity contribution in [3.05, 3.63) is 58.4 Å². The first-order valence-electron chi connectivity index (χ1n) is 7.92. The molecule has 6 heteroatoms. The van der Waals surface area contributed by atoms with E-state index in [1.54, 1.807) is 13.8 Å². The van der Waals surface area contributed by atoms with Crippen LogP contribution in [0.3, 0.4) is 0 Å². The van der Waals surface area contributed by atoms with Gasteiger partial charge in [-0.25, -0.2) is 13.2 Å². The number of benzene rings is 2. The number of halogens is 3. The highest BCUT2D eigenvalue weighted by Crippen LogP contribution is 2.33. The van der Waals surface area contributed by atoms with Crippen molar-refractivity contribution in [2.45, 2.75) is 33.2 Å². The molecule has 0 fully saturated rings. The minimum Gasteiger partial charge on any atom is -0.466 e. The zero-order chi connectivity index (χ0) is 18.7. The lowest BCUT2D eigenvalue weighted by Gasteiger charge is -2.18. The maximum Gasteiger partial charge on any atom is 0.307 e. The summed E-state index contributed by atoms with van der Waals surface area (Å²) in [6.45, 7) is 4.94. The first kappa shape index (κ1) is 19.0. The van der Waals surface area contributed by atoms with Gasteiger partial charge in [-0.2, -0.15) is 0 Å². The largest absolute Gasteiger partial charge is 0.466 e. The van der Waals surface area contributed by atoms with E-state index in [-0.39, 0.29) is 24.2 Å². The minimum atomic E-state index is -1.09. The normalized spacial score (nSPS) is 12.1. The van der Waals surface area contributed by atoms with Gasteiger partial charge in [0.2, 0.25) is 0 Å². The highest BCUT2D eigenvalue weighted by Gasteiger charge is 2.23. The topological polar surface area (TPSA) is 52.3 Å². The quantitative estimate of drug-likeness (QED) is 0.815. The van der Waals surface area contributed by atoms with Gasteiger partial charge in [-0.15, -0.1) is 0 Å². The SMILES string of the molecule is CCOC(=O)CC(N)c1cc(-c2ccc(F)cc2C)c(C)c(F)c1F. The van der Waals surface area contributed by atoms with Crippen molar-refractivity contribution in [3.63, 3.8) is 0 Å². The number of ether oxygens (including phenoxy) is 1. The maximum atomic E-state index is 14.4. The van der Waals surface area contributed by atoms with Crippen LogP contribution in [0.4, 0.5) is 13.2 Å². The van der Waals surface area contributed by atoms with Crippen molar-refractivity contribution in [3.8, 4) is 11.1 Å². The summed E-state index contributed by atoms with van der Waals surface area (Å²) in [4.78, 5) is 11.6. The molecule has 2 N–H and O–H groups in total. The van der Waals surface area contributed by atoms with E-state index in [1.165, 1.54) is 31.2 Å².